The van der Waals surface area contributed by atoms with E-state index in [0.29, 0.717) is 29.6 Å². The number of carboxylic acid groups (broad SMARTS) is 1. The van der Waals surface area contributed by atoms with Crippen molar-refractivity contribution in [3.63, 3.8) is 0 Å². The molecule has 3 heterocycles. The number of carbonyl (C=O) groups is 2. The molecule has 8 nitrogen and oxygen atoms in total. The minimum Gasteiger partial charge on any atom is -0.503 e. The van der Waals surface area contributed by atoms with E-state index in [1.54, 1.807) is 24.5 Å². The highest BCUT2D eigenvalue weighted by atomic mass is 16.4. The molecule has 138 valence electrons. The molecule has 0 fully saturated rings. The number of aliphatic hydroxyl groups is 1. The van der Waals surface area contributed by atoms with Crippen molar-refractivity contribution in [3.8, 4) is 0 Å². The van der Waals surface area contributed by atoms with Gasteiger partial charge in [-0.05, 0) is 36.8 Å². The van der Waals surface area contributed by atoms with Gasteiger partial charge < -0.3 is 19.6 Å². The number of imidazole rings is 1. The minimum atomic E-state index is -1.19. The van der Waals surface area contributed by atoms with Crippen LogP contribution in [0.15, 0.2) is 52.4 Å². The van der Waals surface area contributed by atoms with Crippen LogP contribution >= 0.6 is 0 Å². The lowest BCUT2D eigenvalue weighted by Crippen LogP contribution is -2.30. The summed E-state index contributed by atoms with van der Waals surface area (Å²) in [7, 11) is 0. The van der Waals surface area contributed by atoms with Crippen molar-refractivity contribution in [1.29, 1.82) is 0 Å². The Labute approximate surface area is 153 Å². The SMILES string of the molecule is CCCC1=C(O)C(=O)N(c2ccc3[nH]cnc3c2)C1c1ccc(C(=O)O)o1. The van der Waals surface area contributed by atoms with E-state index in [1.165, 1.54) is 17.0 Å². The Morgan fingerprint density at radius 1 is 1.33 bits per heavy atom. The molecule has 4 rings (SSSR count). The average Bonchev–Trinajstić information content (AvgIpc) is 3.35. The molecule has 0 bridgehead atoms. The fourth-order valence-corrected chi connectivity index (χ4v) is 3.43. The lowest BCUT2D eigenvalue weighted by Gasteiger charge is -2.25. The number of aromatic amines is 1. The van der Waals surface area contributed by atoms with Gasteiger partial charge in [0.15, 0.2) is 5.76 Å². The number of hydrogen-bond acceptors (Lipinski definition) is 5. The van der Waals surface area contributed by atoms with Crippen molar-refractivity contribution < 1.29 is 24.2 Å². The summed E-state index contributed by atoms with van der Waals surface area (Å²) in [4.78, 5) is 32.6. The third kappa shape index (κ3) is 2.66. The summed E-state index contributed by atoms with van der Waals surface area (Å²) in [6.07, 6.45) is 2.75. The maximum atomic E-state index is 12.8. The van der Waals surface area contributed by atoms with Crippen molar-refractivity contribution in [2.45, 2.75) is 25.8 Å². The van der Waals surface area contributed by atoms with E-state index in [-0.39, 0.29) is 17.3 Å². The number of aliphatic hydroxyl groups excluding tert-OH is 1. The highest BCUT2D eigenvalue weighted by molar-refractivity contribution is 6.09. The number of carbonyl (C=O) groups excluding carboxylic acids is 1. The summed E-state index contributed by atoms with van der Waals surface area (Å²) in [6, 6.07) is 7.43. The van der Waals surface area contributed by atoms with Crippen molar-refractivity contribution in [3.05, 3.63) is 59.5 Å². The first-order valence-electron chi connectivity index (χ1n) is 8.53. The lowest BCUT2D eigenvalue weighted by molar-refractivity contribution is -0.117. The van der Waals surface area contributed by atoms with E-state index in [1.807, 2.05) is 6.92 Å². The second kappa shape index (κ2) is 6.31. The van der Waals surface area contributed by atoms with Gasteiger partial charge >= 0.3 is 5.97 Å². The van der Waals surface area contributed by atoms with Gasteiger partial charge in [0.1, 0.15) is 11.8 Å². The Balaban J connectivity index is 1.84. The van der Waals surface area contributed by atoms with Crippen LogP contribution < -0.4 is 4.90 Å². The number of carboxylic acids is 1. The fraction of sp³-hybridized carbons (Fsp3) is 0.211. The standard InChI is InChI=1S/C19H17N3O5/c1-2-3-11-16(14-6-7-15(27-14)19(25)26)22(18(24)17(11)23)10-4-5-12-13(8-10)21-9-20-12/h4-9,16,23H,2-3H2,1H3,(H,20,21)(H,25,26). The summed E-state index contributed by atoms with van der Waals surface area (Å²) >= 11 is 0. The molecule has 1 unspecified atom stereocenters. The average molecular weight is 367 g/mol. The number of aromatic nitrogens is 2. The number of furan rings is 1. The number of rotatable bonds is 5. The largest absolute Gasteiger partial charge is 0.503 e. The van der Waals surface area contributed by atoms with Crippen molar-refractivity contribution in [2.24, 2.45) is 0 Å². The normalized spacial score (nSPS) is 17.3. The molecular formula is C19H17N3O5. The van der Waals surface area contributed by atoms with Gasteiger partial charge in [-0.25, -0.2) is 9.78 Å². The summed E-state index contributed by atoms with van der Waals surface area (Å²) in [5.41, 5.74) is 2.54. The molecule has 0 aliphatic carbocycles. The summed E-state index contributed by atoms with van der Waals surface area (Å²) in [5.74, 6) is -2.00. The molecule has 0 radical (unpaired) electrons. The van der Waals surface area contributed by atoms with Gasteiger partial charge in [-0.15, -0.1) is 0 Å². The zero-order chi connectivity index (χ0) is 19.1. The topological polar surface area (TPSA) is 120 Å². The molecule has 1 atom stereocenters. The van der Waals surface area contributed by atoms with Gasteiger partial charge in [0.25, 0.3) is 5.91 Å². The number of H-pyrrole nitrogens is 1. The van der Waals surface area contributed by atoms with E-state index < -0.39 is 17.9 Å². The van der Waals surface area contributed by atoms with E-state index in [2.05, 4.69) is 9.97 Å². The van der Waals surface area contributed by atoms with Crippen molar-refractivity contribution in [2.75, 3.05) is 4.90 Å². The Morgan fingerprint density at radius 2 is 2.15 bits per heavy atom. The second-order valence-electron chi connectivity index (χ2n) is 6.31. The van der Waals surface area contributed by atoms with E-state index in [9.17, 15) is 14.7 Å². The minimum absolute atomic E-state index is 0.220. The first kappa shape index (κ1) is 16.9. The summed E-state index contributed by atoms with van der Waals surface area (Å²) < 4.78 is 5.47. The van der Waals surface area contributed by atoms with E-state index in [0.717, 1.165) is 5.52 Å². The van der Waals surface area contributed by atoms with Gasteiger partial charge in [-0.2, -0.15) is 0 Å². The van der Waals surface area contributed by atoms with Crippen LogP contribution in [0.1, 0.15) is 42.1 Å². The van der Waals surface area contributed by atoms with Crippen LogP contribution in [0.4, 0.5) is 5.69 Å². The molecule has 3 N–H and O–H groups in total. The lowest BCUT2D eigenvalue weighted by atomic mass is 10.0. The van der Waals surface area contributed by atoms with Gasteiger partial charge in [-0.3, -0.25) is 9.69 Å². The van der Waals surface area contributed by atoms with E-state index >= 15 is 0 Å². The number of nitrogens with zero attached hydrogens (tertiary/aromatic N) is 2. The zero-order valence-corrected chi connectivity index (χ0v) is 14.5. The zero-order valence-electron chi connectivity index (χ0n) is 14.5. The second-order valence-corrected chi connectivity index (χ2v) is 6.31. The maximum absolute atomic E-state index is 12.8. The van der Waals surface area contributed by atoms with Crippen LogP contribution in [-0.2, 0) is 4.79 Å². The predicted molar refractivity (Wildman–Crippen MR) is 96.6 cm³/mol. The molecule has 0 spiro atoms. The molecule has 8 heteroatoms. The van der Waals surface area contributed by atoms with Crippen molar-refractivity contribution >= 4 is 28.6 Å². The number of fused-ring (bicyclic) bond motifs is 1. The van der Waals surface area contributed by atoms with Gasteiger partial charge in [0, 0.05) is 11.3 Å². The van der Waals surface area contributed by atoms with E-state index in [4.69, 9.17) is 9.52 Å². The number of nitrogens with one attached hydrogen (secondary N) is 1. The quantitative estimate of drug-likeness (QED) is 0.634. The smallest absolute Gasteiger partial charge is 0.371 e. The predicted octanol–water partition coefficient (Wildman–Crippen LogP) is 3.55. The third-order valence-electron chi connectivity index (χ3n) is 4.62. The van der Waals surface area contributed by atoms with Gasteiger partial charge in [0.2, 0.25) is 5.76 Å². The van der Waals surface area contributed by atoms with Crippen LogP contribution in [0.25, 0.3) is 11.0 Å². The van der Waals surface area contributed by atoms with Gasteiger partial charge in [-0.1, -0.05) is 13.3 Å². The number of aromatic carboxylic acids is 1. The number of anilines is 1. The summed E-state index contributed by atoms with van der Waals surface area (Å²) in [6.45, 7) is 1.94. The highest BCUT2D eigenvalue weighted by Crippen LogP contribution is 2.43. The molecule has 0 saturated carbocycles. The van der Waals surface area contributed by atoms with Crippen LogP contribution in [0, 0.1) is 0 Å². The molecule has 1 aromatic carbocycles. The van der Waals surface area contributed by atoms with Crippen LogP contribution in [-0.4, -0.2) is 32.1 Å². The highest BCUT2D eigenvalue weighted by Gasteiger charge is 2.42. The van der Waals surface area contributed by atoms with Crippen LogP contribution in [0.2, 0.25) is 0 Å². The van der Waals surface area contributed by atoms with Crippen molar-refractivity contribution in [1.82, 2.24) is 9.97 Å². The third-order valence-corrected chi connectivity index (χ3v) is 4.62. The van der Waals surface area contributed by atoms with Crippen LogP contribution in [0.5, 0.6) is 0 Å². The molecule has 1 aliphatic heterocycles. The fourth-order valence-electron chi connectivity index (χ4n) is 3.43. The molecule has 1 aliphatic rings. The molecule has 0 saturated heterocycles. The summed E-state index contributed by atoms with van der Waals surface area (Å²) in [5, 5.41) is 19.6. The number of hydrogen-bond donors (Lipinski definition) is 3. The number of benzene rings is 1. The molecule has 27 heavy (non-hydrogen) atoms. The maximum Gasteiger partial charge on any atom is 0.371 e. The Kier molecular flexibility index (Phi) is 3.95. The Bertz CT molecular complexity index is 1080. The molecular weight excluding hydrogens is 350 g/mol. The Hall–Kier alpha value is -3.55. The Morgan fingerprint density at radius 3 is 2.85 bits per heavy atom. The molecule has 3 aromatic rings. The molecule has 1 amide bonds. The first-order valence-corrected chi connectivity index (χ1v) is 8.53. The van der Waals surface area contributed by atoms with Crippen LogP contribution in [0.3, 0.4) is 0 Å². The molecule has 2 aromatic heterocycles. The van der Waals surface area contributed by atoms with Gasteiger partial charge in [0.05, 0.1) is 17.4 Å². The number of amides is 1. The first-order chi connectivity index (χ1) is 13.0. The monoisotopic (exact) mass is 367 g/mol.